The van der Waals surface area contributed by atoms with Gasteiger partial charge in [-0.25, -0.2) is 4.98 Å². The van der Waals surface area contributed by atoms with Crippen molar-refractivity contribution >= 4 is 44.6 Å². The Morgan fingerprint density at radius 2 is 1.09 bits per heavy atom. The molecule has 0 saturated carbocycles. The van der Waals surface area contributed by atoms with Crippen LogP contribution in [-0.4, -0.2) is 9.55 Å². The molecule has 3 heterocycles. The van der Waals surface area contributed by atoms with E-state index in [2.05, 4.69) is 279 Å². The number of nitrogens with zero attached hydrogens (tertiary/aromatic N) is 4. The number of hydrogen-bond acceptors (Lipinski definition) is 4. The fourth-order valence-corrected chi connectivity index (χ4v) is 10.4. The number of ether oxygens (including phenoxy) is 1. The molecule has 11 rings (SSSR count). The van der Waals surface area contributed by atoms with E-state index in [1.54, 1.807) is 0 Å². The first-order valence-corrected chi connectivity index (χ1v) is 25.9. The Kier molecular flexibility index (Phi) is 13.3. The fourth-order valence-electron chi connectivity index (χ4n) is 10.4. The van der Waals surface area contributed by atoms with Crippen LogP contribution in [0, 0.1) is 18.8 Å². The molecule has 1 aliphatic rings. The van der Waals surface area contributed by atoms with E-state index in [9.17, 15) is 0 Å². The third-order valence-electron chi connectivity index (χ3n) is 14.9. The Bertz CT molecular complexity index is 3670. The van der Waals surface area contributed by atoms with Crippen molar-refractivity contribution in [2.45, 2.75) is 97.8 Å². The number of anilines is 4. The molecular formula is C69H65N4OPt-3. The van der Waals surface area contributed by atoms with Crippen LogP contribution in [-0.2, 0) is 42.7 Å². The van der Waals surface area contributed by atoms with Gasteiger partial charge < -0.3 is 19.1 Å². The quantitative estimate of drug-likeness (QED) is 0.135. The Labute approximate surface area is 459 Å². The Morgan fingerprint density at radius 3 is 1.77 bits per heavy atom. The molecule has 380 valence electrons. The molecule has 0 unspecified atom stereocenters. The normalized spacial score (nSPS) is 13.1. The molecule has 0 fully saturated rings. The zero-order valence-corrected chi connectivity index (χ0v) is 47.3. The van der Waals surface area contributed by atoms with Crippen molar-refractivity contribution in [3.8, 4) is 39.6 Å². The van der Waals surface area contributed by atoms with E-state index in [1.807, 2.05) is 18.2 Å². The maximum atomic E-state index is 6.82. The number of fused-ring (bicyclic) bond motifs is 4. The SMILES string of the molecule is CC(C)(C)c1ccc(-c2cnc(-n3c4[c-]c(Oc5[c-]c(N6[CH-]N(c7cc(C(C)(C)C)cc(C(C)(C)C)c7)c7ccc(-c8ccccc8)cc76)ccc5)ccc4c4ccccc43)cc2C(C)(C)c2ccccc2)cc1.[Pt]. The summed E-state index contributed by atoms with van der Waals surface area (Å²) in [5, 5.41) is 2.19. The summed E-state index contributed by atoms with van der Waals surface area (Å²) >= 11 is 0. The fraction of sp³-hybridized carbons (Fsp3) is 0.217. The topological polar surface area (TPSA) is 33.5 Å². The molecule has 2 aromatic heterocycles. The number of hydrogen-bond donors (Lipinski definition) is 0. The van der Waals surface area contributed by atoms with Gasteiger partial charge in [0.25, 0.3) is 0 Å². The van der Waals surface area contributed by atoms with Crippen LogP contribution in [0.5, 0.6) is 11.5 Å². The molecule has 0 radical (unpaired) electrons. The summed E-state index contributed by atoms with van der Waals surface area (Å²) in [6.07, 6.45) is 2.06. The molecule has 6 heteroatoms. The van der Waals surface area contributed by atoms with E-state index in [1.165, 1.54) is 27.8 Å². The van der Waals surface area contributed by atoms with Crippen LogP contribution >= 0.6 is 0 Å². The van der Waals surface area contributed by atoms with E-state index in [4.69, 9.17) is 9.72 Å². The van der Waals surface area contributed by atoms with Gasteiger partial charge in [-0.05, 0) is 103 Å². The number of para-hydroxylation sites is 1. The standard InChI is InChI=1S/C69H65N4O.Pt/c1-66(2,3)49-32-29-47(30-33-49)59-44-70-65(43-60(59)69(10,11)50-23-16-13-17-24-50)73-61-28-19-18-27-57(61)58-35-34-56(42-63(58)73)74-55-26-20-25-53(41-55)71-45-72(54-39-51(67(4,5)6)38-52(40-54)68(7,8)9)62-36-31-48(37-64(62)71)46-21-14-12-15-22-46;/h12-40,43-45H,1-11H3;/q-3;. The Hall–Kier alpha value is -7.20. The summed E-state index contributed by atoms with van der Waals surface area (Å²) in [6, 6.07) is 72.7. The second kappa shape index (κ2) is 19.5. The Morgan fingerprint density at radius 1 is 0.467 bits per heavy atom. The minimum absolute atomic E-state index is 0. The van der Waals surface area contributed by atoms with Gasteiger partial charge in [-0.3, -0.25) is 0 Å². The van der Waals surface area contributed by atoms with Crippen LogP contribution < -0.4 is 14.5 Å². The molecule has 10 aromatic rings. The molecule has 5 nitrogen and oxygen atoms in total. The zero-order chi connectivity index (χ0) is 51.7. The first-order chi connectivity index (χ1) is 35.3. The van der Waals surface area contributed by atoms with Gasteiger partial charge in [-0.1, -0.05) is 197 Å². The summed E-state index contributed by atoms with van der Waals surface area (Å²) in [6.45, 7) is 27.3. The van der Waals surface area contributed by atoms with E-state index >= 15 is 0 Å². The van der Waals surface area contributed by atoms with Crippen LogP contribution in [0.4, 0.5) is 22.7 Å². The van der Waals surface area contributed by atoms with E-state index in [0.29, 0.717) is 11.5 Å². The van der Waals surface area contributed by atoms with Crippen LogP contribution in [0.15, 0.2) is 188 Å². The molecule has 0 saturated heterocycles. The molecule has 8 aromatic carbocycles. The van der Waals surface area contributed by atoms with Crippen molar-refractivity contribution < 1.29 is 25.8 Å². The molecule has 0 bridgehead atoms. The zero-order valence-electron chi connectivity index (χ0n) is 45.0. The number of rotatable bonds is 9. The number of pyridine rings is 1. The van der Waals surface area contributed by atoms with E-state index in [-0.39, 0.29) is 42.7 Å². The molecule has 75 heavy (non-hydrogen) atoms. The average Bonchev–Trinajstić information content (AvgIpc) is 3.94. The first-order valence-electron chi connectivity index (χ1n) is 25.9. The molecule has 0 aliphatic carbocycles. The van der Waals surface area contributed by atoms with Crippen LogP contribution in [0.1, 0.15) is 104 Å². The summed E-state index contributed by atoms with van der Waals surface area (Å²) in [5.41, 5.74) is 16.6. The van der Waals surface area contributed by atoms with Crippen molar-refractivity contribution in [1.82, 2.24) is 9.55 Å². The largest absolute Gasteiger partial charge is 0.509 e. The van der Waals surface area contributed by atoms with E-state index < -0.39 is 0 Å². The van der Waals surface area contributed by atoms with Crippen molar-refractivity contribution in [1.29, 1.82) is 0 Å². The first kappa shape index (κ1) is 51.3. The van der Waals surface area contributed by atoms with Gasteiger partial charge in [-0.2, -0.15) is 12.1 Å². The van der Waals surface area contributed by atoms with Gasteiger partial charge in [0.1, 0.15) is 5.82 Å². The maximum Gasteiger partial charge on any atom is 0.135 e. The number of aromatic nitrogens is 2. The van der Waals surface area contributed by atoms with E-state index in [0.717, 1.165) is 72.6 Å². The van der Waals surface area contributed by atoms with Crippen molar-refractivity contribution in [3.63, 3.8) is 0 Å². The monoisotopic (exact) mass is 1160 g/mol. The van der Waals surface area contributed by atoms with Crippen molar-refractivity contribution in [3.05, 3.63) is 235 Å². The second-order valence-corrected chi connectivity index (χ2v) is 23.5. The second-order valence-electron chi connectivity index (χ2n) is 23.5. The van der Waals surface area contributed by atoms with Gasteiger partial charge in [0.15, 0.2) is 0 Å². The third-order valence-corrected chi connectivity index (χ3v) is 14.9. The number of benzene rings is 8. The minimum Gasteiger partial charge on any atom is -0.509 e. The Balaban J connectivity index is 0.00000641. The maximum absolute atomic E-state index is 6.82. The summed E-state index contributed by atoms with van der Waals surface area (Å²) < 4.78 is 9.06. The predicted molar refractivity (Wildman–Crippen MR) is 310 cm³/mol. The van der Waals surface area contributed by atoms with Gasteiger partial charge in [0.05, 0.1) is 0 Å². The summed E-state index contributed by atoms with van der Waals surface area (Å²) in [7, 11) is 0. The minimum atomic E-state index is -0.353. The van der Waals surface area contributed by atoms with Crippen LogP contribution in [0.2, 0.25) is 0 Å². The summed E-state index contributed by atoms with van der Waals surface area (Å²) in [5.74, 6) is 1.99. The molecular weight excluding hydrogens is 1100 g/mol. The summed E-state index contributed by atoms with van der Waals surface area (Å²) in [4.78, 5) is 9.86. The van der Waals surface area contributed by atoms with Gasteiger partial charge in [0.2, 0.25) is 0 Å². The molecule has 0 atom stereocenters. The van der Waals surface area contributed by atoms with Crippen LogP contribution in [0.3, 0.4) is 0 Å². The van der Waals surface area contributed by atoms with Crippen molar-refractivity contribution in [2.24, 2.45) is 0 Å². The smallest absolute Gasteiger partial charge is 0.135 e. The molecule has 0 N–H and O–H groups in total. The molecule has 1 aliphatic heterocycles. The van der Waals surface area contributed by atoms with Gasteiger partial charge in [0, 0.05) is 72.3 Å². The predicted octanol–water partition coefficient (Wildman–Crippen LogP) is 18.5. The average molecular weight is 1160 g/mol. The third kappa shape index (κ3) is 9.84. The molecule has 0 spiro atoms. The van der Waals surface area contributed by atoms with Gasteiger partial charge in [-0.15, -0.1) is 48.1 Å². The van der Waals surface area contributed by atoms with Gasteiger partial charge >= 0.3 is 0 Å². The van der Waals surface area contributed by atoms with Crippen molar-refractivity contribution in [2.75, 3.05) is 9.80 Å². The molecule has 0 amide bonds. The van der Waals surface area contributed by atoms with Crippen LogP contribution in [0.25, 0.3) is 49.9 Å².